The number of hydrogen-bond acceptors (Lipinski definition) is 4. The molecule has 0 fully saturated rings. The Hall–Kier alpha value is -3.86. The van der Waals surface area contributed by atoms with Crippen LogP contribution in [-0.4, -0.2) is 30.9 Å². The van der Waals surface area contributed by atoms with Crippen LogP contribution >= 0.6 is 0 Å². The predicted octanol–water partition coefficient (Wildman–Crippen LogP) is 4.11. The second-order valence-corrected chi connectivity index (χ2v) is 7.08. The second-order valence-electron chi connectivity index (χ2n) is 7.08. The van der Waals surface area contributed by atoms with Crippen molar-refractivity contribution in [2.45, 2.75) is 6.54 Å². The first kappa shape index (κ1) is 19.5. The third-order valence-electron chi connectivity index (χ3n) is 5.10. The van der Waals surface area contributed by atoms with Gasteiger partial charge in [0.15, 0.2) is 0 Å². The number of imide groups is 1. The minimum absolute atomic E-state index is 0.328. The van der Waals surface area contributed by atoms with Gasteiger partial charge >= 0.3 is 0 Å². The molecule has 150 valence electrons. The van der Waals surface area contributed by atoms with Gasteiger partial charge in [-0.15, -0.1) is 0 Å². The number of benzene rings is 3. The Morgan fingerprint density at radius 2 is 1.40 bits per heavy atom. The monoisotopic (exact) mass is 398 g/mol. The van der Waals surface area contributed by atoms with Crippen molar-refractivity contribution in [1.29, 1.82) is 0 Å². The van der Waals surface area contributed by atoms with Gasteiger partial charge in [-0.2, -0.15) is 0 Å². The predicted molar refractivity (Wildman–Crippen MR) is 117 cm³/mol. The van der Waals surface area contributed by atoms with Gasteiger partial charge in [0.05, 0.1) is 18.4 Å². The highest BCUT2D eigenvalue weighted by molar-refractivity contribution is 6.45. The van der Waals surface area contributed by atoms with Crippen molar-refractivity contribution in [2.24, 2.45) is 0 Å². The Kier molecular flexibility index (Phi) is 5.35. The van der Waals surface area contributed by atoms with Crippen molar-refractivity contribution >= 4 is 23.1 Å². The zero-order valence-corrected chi connectivity index (χ0v) is 16.9. The Bertz CT molecular complexity index is 1090. The molecule has 4 rings (SSSR count). The molecule has 3 aromatic carbocycles. The van der Waals surface area contributed by atoms with E-state index in [0.29, 0.717) is 29.3 Å². The minimum atomic E-state index is -0.331. The van der Waals surface area contributed by atoms with E-state index in [9.17, 15) is 9.59 Å². The van der Waals surface area contributed by atoms with Crippen LogP contribution in [-0.2, 0) is 16.1 Å². The molecule has 0 aliphatic carbocycles. The van der Waals surface area contributed by atoms with Crippen LogP contribution in [0.1, 0.15) is 11.1 Å². The summed E-state index contributed by atoms with van der Waals surface area (Å²) in [7, 11) is 3.42. The van der Waals surface area contributed by atoms with E-state index < -0.39 is 0 Å². The fraction of sp³-hybridized carbons (Fsp3) is 0.120. The first-order valence-electron chi connectivity index (χ1n) is 9.67. The lowest BCUT2D eigenvalue weighted by Gasteiger charge is -2.21. The maximum atomic E-state index is 13.5. The van der Waals surface area contributed by atoms with Gasteiger partial charge in [-0.05, 0) is 35.4 Å². The molecule has 2 amide bonds. The molecule has 0 atom stereocenters. The van der Waals surface area contributed by atoms with E-state index in [1.54, 1.807) is 31.4 Å². The molecule has 1 heterocycles. The summed E-state index contributed by atoms with van der Waals surface area (Å²) in [6.45, 7) is 0.516. The lowest BCUT2D eigenvalue weighted by molar-refractivity contribution is -0.120. The van der Waals surface area contributed by atoms with Crippen LogP contribution in [0.2, 0.25) is 0 Å². The molecule has 0 bridgehead atoms. The van der Waals surface area contributed by atoms with Gasteiger partial charge in [0, 0.05) is 13.6 Å². The smallest absolute Gasteiger partial charge is 0.282 e. The zero-order chi connectivity index (χ0) is 21.1. The molecule has 0 aromatic heterocycles. The topological polar surface area (TPSA) is 49.9 Å². The number of ether oxygens (including phenoxy) is 1. The maximum Gasteiger partial charge on any atom is 0.282 e. The van der Waals surface area contributed by atoms with Crippen LogP contribution in [0, 0.1) is 0 Å². The van der Waals surface area contributed by atoms with Crippen LogP contribution in [0.15, 0.2) is 90.6 Å². The van der Waals surface area contributed by atoms with Crippen LogP contribution in [0.25, 0.3) is 5.57 Å². The van der Waals surface area contributed by atoms with Gasteiger partial charge in [0.1, 0.15) is 11.4 Å². The summed E-state index contributed by atoms with van der Waals surface area (Å²) in [5.41, 5.74) is 3.10. The summed E-state index contributed by atoms with van der Waals surface area (Å²) in [5.74, 6) is 0.00392. The summed E-state index contributed by atoms with van der Waals surface area (Å²) in [5, 5.41) is 0. The van der Waals surface area contributed by atoms with Gasteiger partial charge in [-0.25, -0.2) is 4.90 Å². The Morgan fingerprint density at radius 3 is 2.00 bits per heavy atom. The summed E-state index contributed by atoms with van der Waals surface area (Å²) in [4.78, 5) is 30.0. The third-order valence-corrected chi connectivity index (χ3v) is 5.10. The maximum absolute atomic E-state index is 13.5. The number of anilines is 1. The summed E-state index contributed by atoms with van der Waals surface area (Å²) in [6, 6.07) is 26.1. The Labute approximate surface area is 175 Å². The molecule has 1 aliphatic heterocycles. The van der Waals surface area contributed by atoms with Crippen molar-refractivity contribution in [1.82, 2.24) is 4.90 Å². The van der Waals surface area contributed by atoms with Gasteiger partial charge in [-0.3, -0.25) is 9.59 Å². The lowest BCUT2D eigenvalue weighted by atomic mass is 10.0. The van der Waals surface area contributed by atoms with E-state index in [2.05, 4.69) is 0 Å². The highest BCUT2D eigenvalue weighted by atomic mass is 16.5. The Morgan fingerprint density at radius 1 is 0.800 bits per heavy atom. The van der Waals surface area contributed by atoms with Crippen LogP contribution in [0.4, 0.5) is 5.69 Å². The first-order valence-corrected chi connectivity index (χ1v) is 9.67. The molecule has 0 N–H and O–H groups in total. The average molecular weight is 398 g/mol. The van der Waals surface area contributed by atoms with E-state index in [1.165, 1.54) is 4.90 Å². The molecule has 0 spiro atoms. The molecule has 1 aliphatic rings. The molecule has 3 aromatic rings. The van der Waals surface area contributed by atoms with Crippen molar-refractivity contribution in [3.05, 3.63) is 102 Å². The summed E-state index contributed by atoms with van der Waals surface area (Å²) >= 11 is 0. The number of carbonyl (C=O) groups is 2. The van der Waals surface area contributed by atoms with Gasteiger partial charge < -0.3 is 9.64 Å². The highest BCUT2D eigenvalue weighted by Crippen LogP contribution is 2.35. The van der Waals surface area contributed by atoms with Crippen molar-refractivity contribution in [3.63, 3.8) is 0 Å². The van der Waals surface area contributed by atoms with Gasteiger partial charge in [0.25, 0.3) is 11.8 Å². The highest BCUT2D eigenvalue weighted by Gasteiger charge is 2.41. The van der Waals surface area contributed by atoms with Crippen molar-refractivity contribution in [2.75, 3.05) is 19.1 Å². The number of nitrogens with zero attached hydrogens (tertiary/aromatic N) is 2. The Balaban J connectivity index is 1.76. The van der Waals surface area contributed by atoms with Crippen LogP contribution in [0.3, 0.4) is 0 Å². The fourth-order valence-electron chi connectivity index (χ4n) is 3.64. The van der Waals surface area contributed by atoms with E-state index in [1.807, 2.05) is 72.6 Å². The van der Waals surface area contributed by atoms with Crippen molar-refractivity contribution in [3.8, 4) is 5.75 Å². The van der Waals surface area contributed by atoms with Crippen molar-refractivity contribution < 1.29 is 14.3 Å². The van der Waals surface area contributed by atoms with Gasteiger partial charge in [0.2, 0.25) is 0 Å². The van der Waals surface area contributed by atoms with E-state index in [0.717, 1.165) is 11.1 Å². The van der Waals surface area contributed by atoms with E-state index >= 15 is 0 Å². The number of amides is 2. The molecule has 0 saturated carbocycles. The molecule has 30 heavy (non-hydrogen) atoms. The second kappa shape index (κ2) is 8.25. The van der Waals surface area contributed by atoms with E-state index in [4.69, 9.17) is 4.74 Å². The minimum Gasteiger partial charge on any atom is -0.497 e. The molecule has 5 heteroatoms. The largest absolute Gasteiger partial charge is 0.497 e. The van der Waals surface area contributed by atoms with Crippen LogP contribution < -0.4 is 9.64 Å². The standard InChI is InChI=1S/C25H22N2O3/c1-26(17-18-9-5-3-6-10-18)23-22(19-11-7-4-8-12-19)24(28)27(25(23)29)20-13-15-21(30-2)16-14-20/h3-16H,17H2,1-2H3. The number of hydrogen-bond donors (Lipinski definition) is 0. The quantitative estimate of drug-likeness (QED) is 0.587. The fourth-order valence-corrected chi connectivity index (χ4v) is 3.64. The molecule has 0 radical (unpaired) electrons. The average Bonchev–Trinajstić information content (AvgIpc) is 3.05. The van der Waals surface area contributed by atoms with Gasteiger partial charge in [-0.1, -0.05) is 60.7 Å². The number of carbonyl (C=O) groups excluding carboxylic acids is 2. The number of methoxy groups -OCH3 is 1. The van der Waals surface area contributed by atoms with Crippen LogP contribution in [0.5, 0.6) is 5.75 Å². The molecular weight excluding hydrogens is 376 g/mol. The SMILES string of the molecule is COc1ccc(N2C(=O)C(c3ccccc3)=C(N(C)Cc3ccccc3)C2=O)cc1. The molecular formula is C25H22N2O3. The molecule has 0 unspecified atom stereocenters. The molecule has 0 saturated heterocycles. The first-order chi connectivity index (χ1) is 14.6. The zero-order valence-electron chi connectivity index (χ0n) is 16.9. The number of likely N-dealkylation sites (N-methyl/N-ethyl adjacent to an activating group) is 1. The normalized spacial score (nSPS) is 13.7. The molecule has 5 nitrogen and oxygen atoms in total. The van der Waals surface area contributed by atoms with E-state index in [-0.39, 0.29) is 11.8 Å². The lowest BCUT2D eigenvalue weighted by Crippen LogP contribution is -2.34. The number of rotatable bonds is 6. The summed E-state index contributed by atoms with van der Waals surface area (Å²) < 4.78 is 5.19. The summed E-state index contributed by atoms with van der Waals surface area (Å²) in [6.07, 6.45) is 0. The third kappa shape index (κ3) is 3.57.